The van der Waals surface area contributed by atoms with Crippen LogP contribution in [-0.2, 0) is 0 Å². The van der Waals surface area contributed by atoms with Gasteiger partial charge in [-0.25, -0.2) is 4.79 Å². The average molecular weight is 305 g/mol. The van der Waals surface area contributed by atoms with Gasteiger partial charge in [-0.2, -0.15) is 0 Å². The lowest BCUT2D eigenvalue weighted by molar-refractivity contribution is 0.0793. The Hall–Kier alpha value is -2.08. The van der Waals surface area contributed by atoms with Crippen molar-refractivity contribution >= 4 is 17.6 Å². The summed E-state index contributed by atoms with van der Waals surface area (Å²) in [7, 11) is 0. The number of hydrogen-bond donors (Lipinski definition) is 3. The maximum absolute atomic E-state index is 12.3. The van der Waals surface area contributed by atoms with Crippen LogP contribution < -0.4 is 10.6 Å². The van der Waals surface area contributed by atoms with Crippen LogP contribution in [0.4, 0.5) is 10.5 Å². The van der Waals surface area contributed by atoms with Gasteiger partial charge in [0.1, 0.15) is 0 Å². The van der Waals surface area contributed by atoms with Gasteiger partial charge >= 0.3 is 6.03 Å². The lowest BCUT2D eigenvalue weighted by Gasteiger charge is -2.17. The van der Waals surface area contributed by atoms with Crippen LogP contribution in [0.3, 0.4) is 0 Å². The second-order valence-corrected chi connectivity index (χ2v) is 5.47. The van der Waals surface area contributed by atoms with Crippen molar-refractivity contribution in [3.8, 4) is 0 Å². The van der Waals surface area contributed by atoms with Crippen molar-refractivity contribution in [2.24, 2.45) is 0 Å². The fourth-order valence-electron chi connectivity index (χ4n) is 2.46. The van der Waals surface area contributed by atoms with E-state index in [1.54, 1.807) is 24.3 Å². The molecule has 0 aromatic heterocycles. The number of hydrogen-bond acceptors (Lipinski definition) is 3. The standard InChI is InChI=1S/C16H23N3O3/c1-2-13(11-20)17-16(22)18-14-7-5-6-12(10-14)15(21)19-8-3-4-9-19/h5-7,10,13,20H,2-4,8-9,11H2,1H3,(H2,17,18,22). The van der Waals surface area contributed by atoms with Crippen LogP contribution in [0.5, 0.6) is 0 Å². The minimum absolute atomic E-state index is 0.00310. The molecule has 3 amide bonds. The molecule has 6 nitrogen and oxygen atoms in total. The summed E-state index contributed by atoms with van der Waals surface area (Å²) in [5.41, 5.74) is 1.14. The van der Waals surface area contributed by atoms with Crippen molar-refractivity contribution in [1.29, 1.82) is 0 Å². The largest absolute Gasteiger partial charge is 0.394 e. The molecular weight excluding hydrogens is 282 g/mol. The van der Waals surface area contributed by atoms with Crippen molar-refractivity contribution in [1.82, 2.24) is 10.2 Å². The molecule has 0 radical (unpaired) electrons. The summed E-state index contributed by atoms with van der Waals surface area (Å²) >= 11 is 0. The first kappa shape index (κ1) is 16.3. The molecule has 3 N–H and O–H groups in total. The van der Waals surface area contributed by atoms with Gasteiger partial charge in [0, 0.05) is 24.3 Å². The zero-order valence-corrected chi connectivity index (χ0v) is 12.8. The molecule has 0 aliphatic carbocycles. The zero-order valence-electron chi connectivity index (χ0n) is 12.8. The number of aliphatic hydroxyl groups excluding tert-OH is 1. The number of urea groups is 1. The van der Waals surface area contributed by atoms with E-state index in [1.165, 1.54) is 0 Å². The first-order chi connectivity index (χ1) is 10.6. The van der Waals surface area contributed by atoms with Crippen molar-refractivity contribution in [2.45, 2.75) is 32.2 Å². The molecule has 0 saturated carbocycles. The first-order valence-corrected chi connectivity index (χ1v) is 7.71. The van der Waals surface area contributed by atoms with Gasteiger partial charge in [-0.05, 0) is 37.5 Å². The van der Waals surface area contributed by atoms with E-state index in [9.17, 15) is 9.59 Å². The summed E-state index contributed by atoms with van der Waals surface area (Å²) in [6.45, 7) is 3.38. The monoisotopic (exact) mass is 305 g/mol. The summed E-state index contributed by atoms with van der Waals surface area (Å²) in [5, 5.41) is 14.5. The van der Waals surface area contributed by atoms with E-state index >= 15 is 0 Å². The fraction of sp³-hybridized carbons (Fsp3) is 0.500. The lowest BCUT2D eigenvalue weighted by Crippen LogP contribution is -2.39. The van der Waals surface area contributed by atoms with Crippen LogP contribution in [0.2, 0.25) is 0 Å². The van der Waals surface area contributed by atoms with E-state index in [1.807, 2.05) is 11.8 Å². The molecule has 6 heteroatoms. The Morgan fingerprint density at radius 1 is 1.32 bits per heavy atom. The molecule has 1 aromatic rings. The van der Waals surface area contributed by atoms with Crippen molar-refractivity contribution in [2.75, 3.05) is 25.0 Å². The van der Waals surface area contributed by atoms with Gasteiger partial charge in [0.2, 0.25) is 0 Å². The second kappa shape index (κ2) is 7.79. The van der Waals surface area contributed by atoms with Crippen LogP contribution >= 0.6 is 0 Å². The van der Waals surface area contributed by atoms with E-state index < -0.39 is 0 Å². The second-order valence-electron chi connectivity index (χ2n) is 5.47. The molecule has 0 spiro atoms. The molecule has 1 aliphatic rings. The van der Waals surface area contributed by atoms with Crippen LogP contribution in [0.1, 0.15) is 36.5 Å². The van der Waals surface area contributed by atoms with Gasteiger partial charge in [0.05, 0.1) is 12.6 Å². The quantitative estimate of drug-likeness (QED) is 0.776. The third-order valence-electron chi connectivity index (χ3n) is 3.81. The Morgan fingerprint density at radius 3 is 2.68 bits per heavy atom. The molecule has 1 saturated heterocycles. The zero-order chi connectivity index (χ0) is 15.9. The van der Waals surface area contributed by atoms with Crippen LogP contribution in [0.25, 0.3) is 0 Å². The highest BCUT2D eigenvalue weighted by Gasteiger charge is 2.19. The molecule has 0 bridgehead atoms. The molecular formula is C16H23N3O3. The van der Waals surface area contributed by atoms with Crippen LogP contribution in [-0.4, -0.2) is 47.7 Å². The molecule has 1 aromatic carbocycles. The van der Waals surface area contributed by atoms with Gasteiger partial charge in [-0.15, -0.1) is 0 Å². The number of amides is 3. The number of aliphatic hydroxyl groups is 1. The average Bonchev–Trinajstić information content (AvgIpc) is 3.06. The molecule has 1 aliphatic heterocycles. The van der Waals surface area contributed by atoms with E-state index in [-0.39, 0.29) is 24.6 Å². The fourth-order valence-corrected chi connectivity index (χ4v) is 2.46. The number of carbonyl (C=O) groups is 2. The van der Waals surface area contributed by atoms with E-state index in [2.05, 4.69) is 10.6 Å². The van der Waals surface area contributed by atoms with E-state index in [0.29, 0.717) is 17.7 Å². The third-order valence-corrected chi connectivity index (χ3v) is 3.81. The SMILES string of the molecule is CCC(CO)NC(=O)Nc1cccc(C(=O)N2CCCC2)c1. The number of carbonyl (C=O) groups excluding carboxylic acids is 2. The molecule has 1 unspecified atom stereocenters. The highest BCUT2D eigenvalue weighted by molar-refractivity contribution is 5.97. The Kier molecular flexibility index (Phi) is 5.77. The van der Waals surface area contributed by atoms with Crippen molar-refractivity contribution < 1.29 is 14.7 Å². The summed E-state index contributed by atoms with van der Waals surface area (Å²) in [4.78, 5) is 26.0. The molecule has 1 atom stereocenters. The van der Waals surface area contributed by atoms with Gasteiger partial charge in [0.15, 0.2) is 0 Å². The lowest BCUT2D eigenvalue weighted by atomic mass is 10.1. The highest BCUT2D eigenvalue weighted by atomic mass is 16.3. The van der Waals surface area contributed by atoms with Gasteiger partial charge in [-0.3, -0.25) is 4.79 Å². The van der Waals surface area contributed by atoms with Gasteiger partial charge in [-0.1, -0.05) is 13.0 Å². The van der Waals surface area contributed by atoms with E-state index in [4.69, 9.17) is 5.11 Å². The topological polar surface area (TPSA) is 81.7 Å². The predicted octanol–water partition coefficient (Wildman–Crippen LogP) is 1.81. The summed E-state index contributed by atoms with van der Waals surface area (Å²) < 4.78 is 0. The van der Waals surface area contributed by atoms with Gasteiger partial charge in [0.25, 0.3) is 5.91 Å². The molecule has 1 heterocycles. The number of nitrogens with zero attached hydrogens (tertiary/aromatic N) is 1. The van der Waals surface area contributed by atoms with Crippen molar-refractivity contribution in [3.05, 3.63) is 29.8 Å². The maximum atomic E-state index is 12.3. The Morgan fingerprint density at radius 2 is 2.05 bits per heavy atom. The molecule has 1 fully saturated rings. The Balaban J connectivity index is 1.99. The molecule has 2 rings (SSSR count). The van der Waals surface area contributed by atoms with Crippen molar-refractivity contribution in [3.63, 3.8) is 0 Å². The number of likely N-dealkylation sites (tertiary alicyclic amines) is 1. The third kappa shape index (κ3) is 4.21. The van der Waals surface area contributed by atoms with Crippen LogP contribution in [0, 0.1) is 0 Å². The summed E-state index contributed by atoms with van der Waals surface area (Å²) in [6.07, 6.45) is 2.74. The first-order valence-electron chi connectivity index (χ1n) is 7.71. The number of rotatable bonds is 5. The summed E-state index contributed by atoms with van der Waals surface area (Å²) in [6, 6.07) is 6.27. The number of anilines is 1. The minimum Gasteiger partial charge on any atom is -0.394 e. The van der Waals surface area contributed by atoms with Gasteiger partial charge < -0.3 is 20.6 Å². The predicted molar refractivity (Wildman–Crippen MR) is 84.9 cm³/mol. The minimum atomic E-state index is -0.383. The van der Waals surface area contributed by atoms with E-state index in [0.717, 1.165) is 25.9 Å². The number of benzene rings is 1. The highest BCUT2D eigenvalue weighted by Crippen LogP contribution is 2.16. The summed E-state index contributed by atoms with van der Waals surface area (Å²) in [5.74, 6) is 0.00310. The number of nitrogens with one attached hydrogen (secondary N) is 2. The van der Waals surface area contributed by atoms with Crippen LogP contribution in [0.15, 0.2) is 24.3 Å². The molecule has 120 valence electrons. The Labute approximate surface area is 130 Å². The smallest absolute Gasteiger partial charge is 0.319 e. The Bertz CT molecular complexity index is 523. The maximum Gasteiger partial charge on any atom is 0.319 e. The normalized spacial score (nSPS) is 15.5. The molecule has 22 heavy (non-hydrogen) atoms.